The number of aryl methyl sites for hydroxylation is 1. The Morgan fingerprint density at radius 2 is 1.65 bits per heavy atom. The third-order valence-corrected chi connectivity index (χ3v) is 2.99. The summed E-state index contributed by atoms with van der Waals surface area (Å²) in [7, 11) is 0. The highest BCUT2D eigenvalue weighted by atomic mass is 35.5. The summed E-state index contributed by atoms with van der Waals surface area (Å²) in [5, 5.41) is 0.767. The minimum absolute atomic E-state index is 0.445. The van der Waals surface area contributed by atoms with E-state index < -0.39 is 0 Å². The fourth-order valence-electron chi connectivity index (χ4n) is 1.80. The van der Waals surface area contributed by atoms with Crippen LogP contribution in [0.1, 0.15) is 31.2 Å². The SMILES string of the molecule is Cc1cc(-c2ccc(Cl)cc2)cc(C(C)C)n1. The lowest BCUT2D eigenvalue weighted by Crippen LogP contribution is -1.95. The van der Waals surface area contributed by atoms with Crippen molar-refractivity contribution in [2.75, 3.05) is 0 Å². The van der Waals surface area contributed by atoms with Crippen LogP contribution >= 0.6 is 11.6 Å². The molecule has 2 heteroatoms. The van der Waals surface area contributed by atoms with Gasteiger partial charge in [-0.3, -0.25) is 4.98 Å². The number of halogens is 1. The Kier molecular flexibility index (Phi) is 3.49. The Hall–Kier alpha value is -1.34. The highest BCUT2D eigenvalue weighted by Gasteiger charge is 2.05. The molecule has 0 saturated heterocycles. The van der Waals surface area contributed by atoms with Crippen LogP contribution in [0.3, 0.4) is 0 Å². The first-order valence-corrected chi connectivity index (χ1v) is 6.18. The van der Waals surface area contributed by atoms with Crippen molar-refractivity contribution in [1.29, 1.82) is 0 Å². The molecule has 0 bridgehead atoms. The third kappa shape index (κ3) is 2.86. The number of nitrogens with zero attached hydrogens (tertiary/aromatic N) is 1. The fraction of sp³-hybridized carbons (Fsp3) is 0.267. The van der Waals surface area contributed by atoms with E-state index in [0.717, 1.165) is 16.4 Å². The van der Waals surface area contributed by atoms with Crippen LogP contribution in [0.5, 0.6) is 0 Å². The van der Waals surface area contributed by atoms with E-state index in [4.69, 9.17) is 11.6 Å². The molecule has 0 saturated carbocycles. The molecule has 0 aliphatic carbocycles. The van der Waals surface area contributed by atoms with Gasteiger partial charge < -0.3 is 0 Å². The largest absolute Gasteiger partial charge is 0.258 e. The zero-order chi connectivity index (χ0) is 12.4. The van der Waals surface area contributed by atoms with E-state index in [1.165, 1.54) is 11.1 Å². The smallest absolute Gasteiger partial charge is 0.0438 e. The predicted molar refractivity (Wildman–Crippen MR) is 73.5 cm³/mol. The standard InChI is InChI=1S/C15H16ClN/c1-10(2)15-9-13(8-11(3)17-15)12-4-6-14(16)7-5-12/h4-10H,1-3H3. The molecule has 1 aromatic heterocycles. The third-order valence-electron chi connectivity index (χ3n) is 2.74. The van der Waals surface area contributed by atoms with E-state index in [1.807, 2.05) is 31.2 Å². The average Bonchev–Trinajstić information content (AvgIpc) is 2.29. The number of aromatic nitrogens is 1. The van der Waals surface area contributed by atoms with Crippen molar-refractivity contribution in [2.45, 2.75) is 26.7 Å². The fourth-order valence-corrected chi connectivity index (χ4v) is 1.92. The zero-order valence-corrected chi connectivity index (χ0v) is 11.1. The van der Waals surface area contributed by atoms with Gasteiger partial charge in [0.2, 0.25) is 0 Å². The Bertz CT molecular complexity index is 515. The molecule has 0 atom stereocenters. The van der Waals surface area contributed by atoms with Gasteiger partial charge >= 0.3 is 0 Å². The molecule has 1 nitrogen and oxygen atoms in total. The van der Waals surface area contributed by atoms with Gasteiger partial charge in [0.05, 0.1) is 0 Å². The summed E-state index contributed by atoms with van der Waals surface area (Å²) in [6.45, 7) is 6.35. The number of hydrogen-bond donors (Lipinski definition) is 0. The number of hydrogen-bond acceptors (Lipinski definition) is 1. The molecule has 0 N–H and O–H groups in total. The Morgan fingerprint density at radius 3 is 2.24 bits per heavy atom. The zero-order valence-electron chi connectivity index (χ0n) is 10.4. The van der Waals surface area contributed by atoms with Gasteiger partial charge in [0.25, 0.3) is 0 Å². The highest BCUT2D eigenvalue weighted by molar-refractivity contribution is 6.30. The van der Waals surface area contributed by atoms with Gasteiger partial charge in [-0.05, 0) is 48.2 Å². The molecule has 1 heterocycles. The molecule has 0 aliphatic rings. The molecular formula is C15H16ClN. The first kappa shape index (κ1) is 12.1. The molecule has 88 valence electrons. The molecule has 0 radical (unpaired) electrons. The van der Waals surface area contributed by atoms with Crippen LogP contribution < -0.4 is 0 Å². The monoisotopic (exact) mass is 245 g/mol. The molecule has 0 spiro atoms. The summed E-state index contributed by atoms with van der Waals surface area (Å²) in [4.78, 5) is 4.55. The molecule has 0 aliphatic heterocycles. The van der Waals surface area contributed by atoms with Crippen LogP contribution in [-0.2, 0) is 0 Å². The van der Waals surface area contributed by atoms with E-state index >= 15 is 0 Å². The molecule has 17 heavy (non-hydrogen) atoms. The number of rotatable bonds is 2. The average molecular weight is 246 g/mol. The lowest BCUT2D eigenvalue weighted by molar-refractivity contribution is 0.816. The second-order valence-electron chi connectivity index (χ2n) is 4.58. The summed E-state index contributed by atoms with van der Waals surface area (Å²) in [6.07, 6.45) is 0. The lowest BCUT2D eigenvalue weighted by atomic mass is 10.0. The Balaban J connectivity index is 2.48. The molecule has 0 unspecified atom stereocenters. The number of benzene rings is 1. The van der Waals surface area contributed by atoms with Crippen LogP contribution in [0, 0.1) is 6.92 Å². The lowest BCUT2D eigenvalue weighted by Gasteiger charge is -2.09. The van der Waals surface area contributed by atoms with Crippen molar-refractivity contribution in [2.24, 2.45) is 0 Å². The van der Waals surface area contributed by atoms with E-state index in [0.29, 0.717) is 5.92 Å². The predicted octanol–water partition coefficient (Wildman–Crippen LogP) is 4.83. The maximum Gasteiger partial charge on any atom is 0.0438 e. The van der Waals surface area contributed by atoms with Crippen molar-refractivity contribution in [3.05, 3.63) is 52.8 Å². The van der Waals surface area contributed by atoms with E-state index in [9.17, 15) is 0 Å². The molecule has 0 amide bonds. The molecule has 2 rings (SSSR count). The van der Waals surface area contributed by atoms with Crippen LogP contribution in [0.4, 0.5) is 0 Å². The van der Waals surface area contributed by atoms with Crippen molar-refractivity contribution >= 4 is 11.6 Å². The van der Waals surface area contributed by atoms with Crippen LogP contribution in [-0.4, -0.2) is 4.98 Å². The minimum Gasteiger partial charge on any atom is -0.258 e. The maximum absolute atomic E-state index is 5.90. The molecule has 2 aromatic rings. The van der Waals surface area contributed by atoms with Crippen molar-refractivity contribution in [1.82, 2.24) is 4.98 Å². The van der Waals surface area contributed by atoms with Gasteiger partial charge in [-0.15, -0.1) is 0 Å². The van der Waals surface area contributed by atoms with Gasteiger partial charge in [0.15, 0.2) is 0 Å². The van der Waals surface area contributed by atoms with Crippen LogP contribution in [0.2, 0.25) is 5.02 Å². The summed E-state index contributed by atoms with van der Waals surface area (Å²) in [5.41, 5.74) is 4.58. The van der Waals surface area contributed by atoms with Gasteiger partial charge in [-0.25, -0.2) is 0 Å². The van der Waals surface area contributed by atoms with E-state index in [1.54, 1.807) is 0 Å². The molecular weight excluding hydrogens is 230 g/mol. The molecule has 1 aromatic carbocycles. The maximum atomic E-state index is 5.90. The van der Waals surface area contributed by atoms with Gasteiger partial charge in [-0.1, -0.05) is 37.6 Å². The van der Waals surface area contributed by atoms with E-state index in [-0.39, 0.29) is 0 Å². The van der Waals surface area contributed by atoms with Crippen molar-refractivity contribution in [3.63, 3.8) is 0 Å². The summed E-state index contributed by atoms with van der Waals surface area (Å²) >= 11 is 5.90. The first-order chi connectivity index (χ1) is 8.06. The Morgan fingerprint density at radius 1 is 1.00 bits per heavy atom. The topological polar surface area (TPSA) is 12.9 Å². The van der Waals surface area contributed by atoms with E-state index in [2.05, 4.69) is 31.0 Å². The van der Waals surface area contributed by atoms with Crippen molar-refractivity contribution < 1.29 is 0 Å². The second-order valence-corrected chi connectivity index (χ2v) is 5.02. The Labute approximate surface area is 107 Å². The summed E-state index contributed by atoms with van der Waals surface area (Å²) in [5.74, 6) is 0.445. The normalized spacial score (nSPS) is 10.9. The minimum atomic E-state index is 0.445. The quantitative estimate of drug-likeness (QED) is 0.738. The van der Waals surface area contributed by atoms with Gasteiger partial charge in [0.1, 0.15) is 0 Å². The highest BCUT2D eigenvalue weighted by Crippen LogP contribution is 2.25. The molecule has 0 fully saturated rings. The summed E-state index contributed by atoms with van der Waals surface area (Å²) < 4.78 is 0. The van der Waals surface area contributed by atoms with Gasteiger partial charge in [0, 0.05) is 16.4 Å². The van der Waals surface area contributed by atoms with Crippen LogP contribution in [0.15, 0.2) is 36.4 Å². The number of pyridine rings is 1. The van der Waals surface area contributed by atoms with Crippen LogP contribution in [0.25, 0.3) is 11.1 Å². The second kappa shape index (κ2) is 4.89. The van der Waals surface area contributed by atoms with Crippen molar-refractivity contribution in [3.8, 4) is 11.1 Å². The van der Waals surface area contributed by atoms with Gasteiger partial charge in [-0.2, -0.15) is 0 Å². The first-order valence-electron chi connectivity index (χ1n) is 5.81. The summed E-state index contributed by atoms with van der Waals surface area (Å²) in [6, 6.07) is 12.2.